The van der Waals surface area contributed by atoms with Crippen LogP contribution in [0.15, 0.2) is 0 Å². The highest BCUT2D eigenvalue weighted by Crippen LogP contribution is 2.37. The van der Waals surface area contributed by atoms with Gasteiger partial charge in [-0.15, -0.1) is 0 Å². The van der Waals surface area contributed by atoms with Crippen molar-refractivity contribution in [2.75, 3.05) is 0 Å². The fraction of sp³-hybridized carbons (Fsp3) is 1.00. The summed E-state index contributed by atoms with van der Waals surface area (Å²) >= 11 is 0. The summed E-state index contributed by atoms with van der Waals surface area (Å²) in [6.45, 7) is 0. The minimum absolute atomic E-state index is 0.0445. The van der Waals surface area contributed by atoms with Crippen LogP contribution in [-0.2, 0) is 0 Å². The van der Waals surface area contributed by atoms with Crippen LogP contribution in [0, 0.1) is 11.8 Å². The molecule has 76 valence electrons. The van der Waals surface area contributed by atoms with Gasteiger partial charge in [0.15, 0.2) is 0 Å². The molecule has 0 amide bonds. The van der Waals surface area contributed by atoms with Crippen LogP contribution in [-0.4, -0.2) is 11.2 Å². The van der Waals surface area contributed by atoms with Gasteiger partial charge in [0, 0.05) is 0 Å². The molecular weight excluding hydrogens is 160 g/mol. The normalized spacial score (nSPS) is 28.4. The predicted octanol–water partition coefficient (Wildman–Crippen LogP) is 3.12. The summed E-state index contributed by atoms with van der Waals surface area (Å²) in [6.07, 6.45) is 12.1. The predicted molar refractivity (Wildman–Crippen MR) is 54.5 cm³/mol. The summed E-state index contributed by atoms with van der Waals surface area (Å²) in [7, 11) is 0. The Bertz CT molecular complexity index is 143. The van der Waals surface area contributed by atoms with Crippen LogP contribution in [0.5, 0.6) is 0 Å². The van der Waals surface area contributed by atoms with Crippen LogP contribution >= 0.6 is 0 Å². The van der Waals surface area contributed by atoms with E-state index in [0.29, 0.717) is 5.92 Å². The third-order valence-electron chi connectivity index (χ3n) is 3.72. The standard InChI is InChI=1S/C12H22O/c13-12(11-7-8-11)9-10-5-3-1-2-4-6-10/h10-13H,1-9H2. The molecule has 0 spiro atoms. The second-order valence-electron chi connectivity index (χ2n) is 5.00. The van der Waals surface area contributed by atoms with Crippen LogP contribution < -0.4 is 0 Å². The lowest BCUT2D eigenvalue weighted by Gasteiger charge is -2.17. The van der Waals surface area contributed by atoms with Crippen LogP contribution in [0.3, 0.4) is 0 Å². The Morgan fingerprint density at radius 1 is 0.923 bits per heavy atom. The molecule has 0 saturated heterocycles. The summed E-state index contributed by atoms with van der Waals surface area (Å²) < 4.78 is 0. The zero-order chi connectivity index (χ0) is 9.10. The van der Waals surface area contributed by atoms with E-state index in [2.05, 4.69) is 0 Å². The lowest BCUT2D eigenvalue weighted by molar-refractivity contribution is 0.116. The maximum atomic E-state index is 9.83. The van der Waals surface area contributed by atoms with Crippen LogP contribution in [0.2, 0.25) is 0 Å². The molecule has 0 aromatic carbocycles. The van der Waals surface area contributed by atoms with E-state index in [1.807, 2.05) is 0 Å². The molecule has 2 fully saturated rings. The van der Waals surface area contributed by atoms with E-state index < -0.39 is 0 Å². The summed E-state index contributed by atoms with van der Waals surface area (Å²) in [5, 5.41) is 9.83. The summed E-state index contributed by atoms with van der Waals surface area (Å²) in [5.74, 6) is 1.53. The van der Waals surface area contributed by atoms with E-state index >= 15 is 0 Å². The molecular formula is C12H22O. The zero-order valence-corrected chi connectivity index (χ0v) is 8.54. The van der Waals surface area contributed by atoms with Gasteiger partial charge in [-0.3, -0.25) is 0 Å². The molecule has 0 bridgehead atoms. The van der Waals surface area contributed by atoms with Gasteiger partial charge in [-0.2, -0.15) is 0 Å². The monoisotopic (exact) mass is 182 g/mol. The minimum Gasteiger partial charge on any atom is -0.393 e. The summed E-state index contributed by atoms with van der Waals surface area (Å²) in [5.41, 5.74) is 0. The smallest absolute Gasteiger partial charge is 0.0571 e. The van der Waals surface area contributed by atoms with Crippen molar-refractivity contribution < 1.29 is 5.11 Å². The van der Waals surface area contributed by atoms with Gasteiger partial charge in [0.05, 0.1) is 6.10 Å². The highest BCUT2D eigenvalue weighted by molar-refractivity contribution is 4.82. The second kappa shape index (κ2) is 4.45. The highest BCUT2D eigenvalue weighted by Gasteiger charge is 2.31. The van der Waals surface area contributed by atoms with E-state index in [1.165, 1.54) is 51.4 Å². The lowest BCUT2D eigenvalue weighted by atomic mass is 9.92. The molecule has 1 heteroatoms. The van der Waals surface area contributed by atoms with Gasteiger partial charge in [-0.05, 0) is 31.1 Å². The first kappa shape index (κ1) is 9.51. The second-order valence-corrected chi connectivity index (χ2v) is 5.00. The Labute approximate surface area is 81.5 Å². The van der Waals surface area contributed by atoms with E-state index in [0.717, 1.165) is 12.3 Å². The molecule has 2 saturated carbocycles. The van der Waals surface area contributed by atoms with Crippen molar-refractivity contribution in [2.24, 2.45) is 11.8 Å². The average Bonchev–Trinajstić information content (AvgIpc) is 2.92. The number of rotatable bonds is 3. The molecule has 0 aliphatic heterocycles. The molecule has 0 aromatic heterocycles. The van der Waals surface area contributed by atoms with Crippen molar-refractivity contribution in [1.82, 2.24) is 0 Å². The van der Waals surface area contributed by atoms with Gasteiger partial charge < -0.3 is 5.11 Å². The van der Waals surface area contributed by atoms with Crippen molar-refractivity contribution in [2.45, 2.75) is 63.9 Å². The molecule has 0 heterocycles. The maximum absolute atomic E-state index is 9.83. The zero-order valence-electron chi connectivity index (χ0n) is 8.54. The molecule has 2 aliphatic carbocycles. The SMILES string of the molecule is OC(CC1CCCCCC1)C1CC1. The number of aliphatic hydroxyl groups excluding tert-OH is 1. The van der Waals surface area contributed by atoms with E-state index in [9.17, 15) is 5.11 Å². The fourth-order valence-electron chi connectivity index (χ4n) is 2.61. The van der Waals surface area contributed by atoms with E-state index in [1.54, 1.807) is 0 Å². The molecule has 0 aromatic rings. The minimum atomic E-state index is 0.0445. The highest BCUT2D eigenvalue weighted by atomic mass is 16.3. The molecule has 2 rings (SSSR count). The van der Waals surface area contributed by atoms with Crippen LogP contribution in [0.25, 0.3) is 0 Å². The van der Waals surface area contributed by atoms with Crippen molar-refractivity contribution >= 4 is 0 Å². The van der Waals surface area contributed by atoms with Crippen molar-refractivity contribution in [3.05, 3.63) is 0 Å². The van der Waals surface area contributed by atoms with Gasteiger partial charge in [0.2, 0.25) is 0 Å². The molecule has 1 unspecified atom stereocenters. The Balaban J connectivity index is 1.71. The van der Waals surface area contributed by atoms with Gasteiger partial charge in [-0.1, -0.05) is 38.5 Å². The summed E-state index contributed by atoms with van der Waals surface area (Å²) in [6, 6.07) is 0. The van der Waals surface area contributed by atoms with Gasteiger partial charge in [0.25, 0.3) is 0 Å². The first-order chi connectivity index (χ1) is 6.36. The van der Waals surface area contributed by atoms with Gasteiger partial charge >= 0.3 is 0 Å². The largest absolute Gasteiger partial charge is 0.393 e. The third-order valence-corrected chi connectivity index (χ3v) is 3.72. The first-order valence-corrected chi connectivity index (χ1v) is 6.04. The fourth-order valence-corrected chi connectivity index (χ4v) is 2.61. The molecule has 1 atom stereocenters. The Morgan fingerprint density at radius 3 is 2.08 bits per heavy atom. The Morgan fingerprint density at radius 2 is 1.54 bits per heavy atom. The van der Waals surface area contributed by atoms with Crippen LogP contribution in [0.1, 0.15) is 57.8 Å². The Hall–Kier alpha value is -0.0400. The third kappa shape index (κ3) is 2.98. The van der Waals surface area contributed by atoms with Crippen molar-refractivity contribution in [1.29, 1.82) is 0 Å². The quantitative estimate of drug-likeness (QED) is 0.665. The van der Waals surface area contributed by atoms with Crippen molar-refractivity contribution in [3.63, 3.8) is 0 Å². The Kier molecular flexibility index (Phi) is 3.26. The average molecular weight is 182 g/mol. The van der Waals surface area contributed by atoms with E-state index in [-0.39, 0.29) is 6.10 Å². The summed E-state index contributed by atoms with van der Waals surface area (Å²) in [4.78, 5) is 0. The van der Waals surface area contributed by atoms with Gasteiger partial charge in [0.1, 0.15) is 0 Å². The molecule has 13 heavy (non-hydrogen) atoms. The molecule has 1 N–H and O–H groups in total. The molecule has 1 nitrogen and oxygen atoms in total. The molecule has 2 aliphatic rings. The number of aliphatic hydroxyl groups is 1. The maximum Gasteiger partial charge on any atom is 0.0571 e. The number of hydrogen-bond donors (Lipinski definition) is 1. The molecule has 0 radical (unpaired) electrons. The van der Waals surface area contributed by atoms with Crippen molar-refractivity contribution in [3.8, 4) is 0 Å². The number of hydrogen-bond acceptors (Lipinski definition) is 1. The topological polar surface area (TPSA) is 20.2 Å². The lowest BCUT2D eigenvalue weighted by Crippen LogP contribution is -2.15. The van der Waals surface area contributed by atoms with Gasteiger partial charge in [-0.25, -0.2) is 0 Å². The van der Waals surface area contributed by atoms with E-state index in [4.69, 9.17) is 0 Å². The van der Waals surface area contributed by atoms with Crippen LogP contribution in [0.4, 0.5) is 0 Å². The first-order valence-electron chi connectivity index (χ1n) is 6.04.